The molecule has 1 aromatic heterocycles. The number of benzene rings is 1. The number of nitrogens with one attached hydrogen (secondary N) is 1. The molecule has 1 aromatic carbocycles. The van der Waals surface area contributed by atoms with Gasteiger partial charge in [0.15, 0.2) is 0 Å². The number of carboxylic acids is 1. The number of carboxylic acid groups (broad SMARTS) is 1. The lowest BCUT2D eigenvalue weighted by molar-refractivity contribution is -0.134. The van der Waals surface area contributed by atoms with Crippen molar-refractivity contribution >= 4 is 28.7 Å². The van der Waals surface area contributed by atoms with E-state index < -0.39 is 17.8 Å². The molecule has 0 spiro atoms. The molecule has 1 saturated heterocycles. The Morgan fingerprint density at radius 2 is 2.14 bits per heavy atom. The fourth-order valence-electron chi connectivity index (χ4n) is 2.60. The highest BCUT2D eigenvalue weighted by molar-refractivity contribution is 6.03. The largest absolute Gasteiger partial charge is 0.478 e. The normalized spacial score (nSPS) is 18.6. The van der Waals surface area contributed by atoms with Crippen molar-refractivity contribution in [1.82, 2.24) is 10.3 Å². The highest BCUT2D eigenvalue weighted by Gasteiger charge is 2.30. The fourth-order valence-corrected chi connectivity index (χ4v) is 2.60. The van der Waals surface area contributed by atoms with Crippen molar-refractivity contribution in [1.29, 1.82) is 0 Å². The lowest BCUT2D eigenvalue weighted by Crippen LogP contribution is -2.39. The summed E-state index contributed by atoms with van der Waals surface area (Å²) in [6.07, 6.45) is 2.19. The van der Waals surface area contributed by atoms with Crippen LogP contribution in [-0.4, -0.2) is 27.9 Å². The van der Waals surface area contributed by atoms with Gasteiger partial charge in [-0.25, -0.2) is 4.79 Å². The first-order valence-corrected chi connectivity index (χ1v) is 6.52. The van der Waals surface area contributed by atoms with Gasteiger partial charge in [-0.15, -0.1) is 0 Å². The number of aromatic nitrogens is 1. The molecule has 3 rings (SSSR count). The summed E-state index contributed by atoms with van der Waals surface area (Å²) in [5, 5.41) is 12.2. The second-order valence-electron chi connectivity index (χ2n) is 4.95. The third-order valence-electron chi connectivity index (χ3n) is 3.60. The summed E-state index contributed by atoms with van der Waals surface area (Å²) >= 11 is 0. The maximum absolute atomic E-state index is 12.0. The number of fused-ring (bicyclic) bond motifs is 1. The Kier molecular flexibility index (Phi) is 3.13. The number of rotatable bonds is 2. The Balaban J connectivity index is 2.18. The highest BCUT2D eigenvalue weighted by atomic mass is 16.4. The number of hydrogen-bond donors (Lipinski definition) is 2. The van der Waals surface area contributed by atoms with E-state index >= 15 is 0 Å². The van der Waals surface area contributed by atoms with Crippen LogP contribution < -0.4 is 5.32 Å². The second-order valence-corrected chi connectivity index (χ2v) is 4.95. The zero-order valence-electron chi connectivity index (χ0n) is 11.0. The second kappa shape index (κ2) is 4.97. The zero-order chi connectivity index (χ0) is 15.0. The number of nitrogens with zero attached hydrogens (tertiary/aromatic N) is 1. The first kappa shape index (κ1) is 13.2. The summed E-state index contributed by atoms with van der Waals surface area (Å²) in [5.74, 6) is -2.32. The van der Waals surface area contributed by atoms with Crippen LogP contribution in [0.5, 0.6) is 0 Å². The predicted octanol–water partition coefficient (Wildman–Crippen LogP) is 1.45. The van der Waals surface area contributed by atoms with Crippen molar-refractivity contribution in [3.05, 3.63) is 41.6 Å². The van der Waals surface area contributed by atoms with Crippen LogP contribution in [0.3, 0.4) is 0 Å². The molecule has 1 aliphatic heterocycles. The van der Waals surface area contributed by atoms with Gasteiger partial charge in [0.05, 0.1) is 17.0 Å². The Labute approximate surface area is 119 Å². The molecule has 2 amide bonds. The number of carbonyl (C=O) groups is 3. The maximum Gasteiger partial charge on any atom is 0.335 e. The molecule has 1 aliphatic rings. The van der Waals surface area contributed by atoms with Crippen LogP contribution in [0, 0.1) is 0 Å². The minimum atomic E-state index is -1.06. The predicted molar refractivity (Wildman–Crippen MR) is 73.8 cm³/mol. The van der Waals surface area contributed by atoms with Crippen LogP contribution in [0.15, 0.2) is 30.5 Å². The van der Waals surface area contributed by atoms with Crippen LogP contribution in [0.1, 0.15) is 34.7 Å². The highest BCUT2D eigenvalue weighted by Crippen LogP contribution is 2.31. The van der Waals surface area contributed by atoms with E-state index in [-0.39, 0.29) is 17.9 Å². The maximum atomic E-state index is 12.0. The number of piperidine rings is 1. The van der Waals surface area contributed by atoms with Crippen molar-refractivity contribution in [3.8, 4) is 0 Å². The topological polar surface area (TPSA) is 96.4 Å². The lowest BCUT2D eigenvalue weighted by atomic mass is 9.88. The Morgan fingerprint density at radius 3 is 2.86 bits per heavy atom. The average molecular weight is 284 g/mol. The van der Waals surface area contributed by atoms with Crippen molar-refractivity contribution < 1.29 is 19.5 Å². The number of carbonyl (C=O) groups excluding carboxylic acids is 2. The molecule has 1 unspecified atom stereocenters. The van der Waals surface area contributed by atoms with E-state index in [0.29, 0.717) is 22.9 Å². The third-order valence-corrected chi connectivity index (χ3v) is 3.60. The lowest BCUT2D eigenvalue weighted by Gasteiger charge is -2.22. The fraction of sp³-hybridized carbons (Fsp3) is 0.200. The van der Waals surface area contributed by atoms with E-state index in [1.165, 1.54) is 12.1 Å². The number of imide groups is 1. The van der Waals surface area contributed by atoms with Gasteiger partial charge in [0.25, 0.3) is 0 Å². The Hall–Kier alpha value is -2.76. The van der Waals surface area contributed by atoms with Gasteiger partial charge < -0.3 is 5.11 Å². The van der Waals surface area contributed by atoms with E-state index in [9.17, 15) is 19.5 Å². The van der Waals surface area contributed by atoms with Gasteiger partial charge in [0.1, 0.15) is 0 Å². The summed E-state index contributed by atoms with van der Waals surface area (Å²) in [7, 11) is 0. The molecule has 0 radical (unpaired) electrons. The summed E-state index contributed by atoms with van der Waals surface area (Å²) in [5.41, 5.74) is 1.25. The van der Waals surface area contributed by atoms with E-state index in [0.717, 1.165) is 0 Å². The molecule has 1 fully saturated rings. The van der Waals surface area contributed by atoms with Gasteiger partial charge in [-0.2, -0.15) is 0 Å². The number of hydrogen-bond acceptors (Lipinski definition) is 4. The van der Waals surface area contributed by atoms with Crippen LogP contribution in [-0.2, 0) is 9.59 Å². The van der Waals surface area contributed by atoms with Crippen molar-refractivity contribution in [2.24, 2.45) is 0 Å². The van der Waals surface area contributed by atoms with Crippen LogP contribution >= 0.6 is 0 Å². The number of aromatic carboxylic acids is 1. The molecule has 0 saturated carbocycles. The third kappa shape index (κ3) is 2.35. The van der Waals surface area contributed by atoms with Crippen LogP contribution in [0.4, 0.5) is 0 Å². The average Bonchev–Trinajstić information content (AvgIpc) is 2.46. The Bertz CT molecular complexity index is 769. The van der Waals surface area contributed by atoms with Crippen molar-refractivity contribution in [3.63, 3.8) is 0 Å². The molecule has 2 N–H and O–H groups in total. The molecule has 0 bridgehead atoms. The zero-order valence-corrected chi connectivity index (χ0v) is 11.0. The number of pyridine rings is 1. The summed E-state index contributed by atoms with van der Waals surface area (Å²) < 4.78 is 0. The van der Waals surface area contributed by atoms with Gasteiger partial charge in [-0.1, -0.05) is 6.07 Å². The van der Waals surface area contributed by atoms with Crippen LogP contribution in [0.2, 0.25) is 0 Å². The summed E-state index contributed by atoms with van der Waals surface area (Å²) in [6, 6.07) is 6.46. The van der Waals surface area contributed by atoms with E-state index in [2.05, 4.69) is 10.3 Å². The molecule has 21 heavy (non-hydrogen) atoms. The molecule has 1 atom stereocenters. The quantitative estimate of drug-likeness (QED) is 0.814. The smallest absolute Gasteiger partial charge is 0.335 e. The standard InChI is InChI=1S/C15H12N2O4/c18-12-4-3-10(14(19)17-12)11-7-9(15(20)21)6-8-2-1-5-16-13(8)11/h1-2,5-7,10H,3-4H2,(H,20,21)(H,17,18,19). The van der Waals surface area contributed by atoms with Gasteiger partial charge in [-0.3, -0.25) is 19.9 Å². The molecular formula is C15H12N2O4. The van der Waals surface area contributed by atoms with Gasteiger partial charge >= 0.3 is 5.97 Å². The minimum Gasteiger partial charge on any atom is -0.478 e. The van der Waals surface area contributed by atoms with E-state index in [1.807, 2.05) is 0 Å². The van der Waals surface area contributed by atoms with Gasteiger partial charge in [0, 0.05) is 18.0 Å². The monoisotopic (exact) mass is 284 g/mol. The molecule has 6 nitrogen and oxygen atoms in total. The van der Waals surface area contributed by atoms with Crippen LogP contribution in [0.25, 0.3) is 10.9 Å². The Morgan fingerprint density at radius 1 is 1.33 bits per heavy atom. The first-order chi connectivity index (χ1) is 10.1. The van der Waals surface area contributed by atoms with Crippen molar-refractivity contribution in [2.75, 3.05) is 0 Å². The molecule has 2 heterocycles. The van der Waals surface area contributed by atoms with Crippen molar-refractivity contribution in [2.45, 2.75) is 18.8 Å². The van der Waals surface area contributed by atoms with Gasteiger partial charge in [-0.05, 0) is 30.2 Å². The summed E-state index contributed by atoms with van der Waals surface area (Å²) in [6.45, 7) is 0. The molecular weight excluding hydrogens is 272 g/mol. The first-order valence-electron chi connectivity index (χ1n) is 6.52. The number of amides is 2. The molecule has 2 aromatic rings. The molecule has 0 aliphatic carbocycles. The summed E-state index contributed by atoms with van der Waals surface area (Å²) in [4.78, 5) is 38.8. The van der Waals surface area contributed by atoms with E-state index in [1.54, 1.807) is 18.3 Å². The van der Waals surface area contributed by atoms with E-state index in [4.69, 9.17) is 0 Å². The molecule has 6 heteroatoms. The molecule has 106 valence electrons. The SMILES string of the molecule is O=C1CCC(c2cc(C(=O)O)cc3cccnc23)C(=O)N1. The van der Waals surface area contributed by atoms with Gasteiger partial charge in [0.2, 0.25) is 11.8 Å². The minimum absolute atomic E-state index is 0.107.